The molecule has 0 spiro atoms. The molecule has 8 heteroatoms. The Morgan fingerprint density at radius 1 is 1.16 bits per heavy atom. The van der Waals surface area contributed by atoms with Crippen LogP contribution in [-0.4, -0.2) is 41.2 Å². The van der Waals surface area contributed by atoms with E-state index in [1.807, 2.05) is 0 Å². The molecule has 32 heavy (non-hydrogen) atoms. The third kappa shape index (κ3) is 7.22. The Kier molecular flexibility index (Phi) is 8.36. The van der Waals surface area contributed by atoms with Gasteiger partial charge >= 0.3 is 6.18 Å². The average molecular weight is 531 g/mol. The van der Waals surface area contributed by atoms with Crippen LogP contribution in [0.4, 0.5) is 13.2 Å². The minimum absolute atomic E-state index is 0.0221. The highest BCUT2D eigenvalue weighted by molar-refractivity contribution is 9.10. The number of aliphatic hydroxyl groups is 1. The van der Waals surface area contributed by atoms with Gasteiger partial charge in [0.1, 0.15) is 0 Å². The molecular formula is C24H30BrF3N2OS. The van der Waals surface area contributed by atoms with Crippen molar-refractivity contribution in [2.75, 3.05) is 20.1 Å². The second-order valence-corrected chi connectivity index (χ2v) is 11.3. The summed E-state index contributed by atoms with van der Waals surface area (Å²) in [7, 11) is 1.77. The molecule has 0 saturated carbocycles. The lowest BCUT2D eigenvalue weighted by Crippen LogP contribution is -2.46. The summed E-state index contributed by atoms with van der Waals surface area (Å²) in [5.41, 5.74) is 2.06. The smallest absolute Gasteiger partial charge is 0.390 e. The van der Waals surface area contributed by atoms with Crippen LogP contribution >= 0.6 is 27.9 Å². The highest BCUT2D eigenvalue weighted by Crippen LogP contribution is 2.37. The van der Waals surface area contributed by atoms with Gasteiger partial charge in [0.2, 0.25) is 0 Å². The summed E-state index contributed by atoms with van der Waals surface area (Å²) >= 11 is 4.15. The number of hydrogen-bond acceptors (Lipinski definition) is 4. The zero-order valence-corrected chi connectivity index (χ0v) is 20.9. The first kappa shape index (κ1) is 25.6. The summed E-state index contributed by atoms with van der Waals surface area (Å²) < 4.78 is 41.1. The van der Waals surface area contributed by atoms with Crippen molar-refractivity contribution in [3.05, 3.63) is 63.6 Å². The molecule has 0 aromatic heterocycles. The fourth-order valence-electron chi connectivity index (χ4n) is 4.34. The predicted octanol–water partition coefficient (Wildman–Crippen LogP) is 5.94. The predicted molar refractivity (Wildman–Crippen MR) is 128 cm³/mol. The highest BCUT2D eigenvalue weighted by Gasteiger charge is 2.33. The number of likely N-dealkylation sites (N-methyl/N-ethyl adjacent to an activating group) is 1. The first-order valence-electron chi connectivity index (χ1n) is 10.7. The molecule has 0 fully saturated rings. The summed E-state index contributed by atoms with van der Waals surface area (Å²) in [6.07, 6.45) is -1.85. The van der Waals surface area contributed by atoms with E-state index in [0.29, 0.717) is 23.9 Å². The molecule has 0 radical (unpaired) electrons. The molecule has 1 aliphatic rings. The van der Waals surface area contributed by atoms with Crippen molar-refractivity contribution in [3.8, 4) is 0 Å². The summed E-state index contributed by atoms with van der Waals surface area (Å²) in [5, 5.41) is 14.0. The van der Waals surface area contributed by atoms with Crippen LogP contribution in [-0.2, 0) is 19.0 Å². The van der Waals surface area contributed by atoms with Crippen molar-refractivity contribution in [1.82, 2.24) is 9.62 Å². The fraction of sp³-hybridized carbons (Fsp3) is 0.500. The first-order valence-corrected chi connectivity index (χ1v) is 12.3. The molecule has 0 saturated heterocycles. The van der Waals surface area contributed by atoms with E-state index in [0.717, 1.165) is 25.3 Å². The van der Waals surface area contributed by atoms with Crippen LogP contribution in [0.3, 0.4) is 0 Å². The molecule has 2 aromatic rings. The number of halogens is 4. The maximum atomic E-state index is 13.1. The molecule has 1 atom stereocenters. The van der Waals surface area contributed by atoms with Crippen molar-refractivity contribution >= 4 is 27.9 Å². The maximum Gasteiger partial charge on any atom is 0.417 e. The molecule has 0 amide bonds. The number of fused-ring (bicyclic) bond motifs is 1. The number of rotatable bonds is 9. The van der Waals surface area contributed by atoms with Crippen LogP contribution in [0, 0.1) is 5.92 Å². The number of nitrogens with one attached hydrogen (secondary N) is 1. The molecule has 176 valence electrons. The third-order valence-electron chi connectivity index (χ3n) is 5.72. The van der Waals surface area contributed by atoms with Gasteiger partial charge in [0.25, 0.3) is 0 Å². The van der Waals surface area contributed by atoms with Gasteiger partial charge in [0.05, 0.1) is 11.7 Å². The van der Waals surface area contributed by atoms with E-state index in [1.54, 1.807) is 17.4 Å². The molecule has 2 N–H and O–H groups in total. The van der Waals surface area contributed by atoms with Crippen molar-refractivity contribution in [1.29, 1.82) is 0 Å². The van der Waals surface area contributed by atoms with Crippen LogP contribution in [0.2, 0.25) is 0 Å². The Balaban J connectivity index is 1.45. The molecule has 0 aliphatic heterocycles. The molecular weight excluding hydrogens is 501 g/mol. The van der Waals surface area contributed by atoms with Gasteiger partial charge in [-0.05, 0) is 87.3 Å². The molecule has 0 unspecified atom stereocenters. The Bertz CT molecular complexity index is 897. The minimum Gasteiger partial charge on any atom is -0.390 e. The van der Waals surface area contributed by atoms with Gasteiger partial charge in [-0.3, -0.25) is 0 Å². The standard InChI is InChI=1S/C24H30BrF3N2OS/c1-23(2,13-16-10-17-6-4-5-7-18(17)11-16)29-14-19(31)15-30(3)32-20-8-9-22(25)21(12-20)24(26,27)28/h4-9,12,16,19,29,31H,10-11,13-15H2,1-3H3/t19-/m1/s1. The van der Waals surface area contributed by atoms with Gasteiger partial charge in [-0.1, -0.05) is 40.2 Å². The fourth-order valence-corrected chi connectivity index (χ4v) is 5.72. The Morgan fingerprint density at radius 3 is 2.38 bits per heavy atom. The van der Waals surface area contributed by atoms with Gasteiger partial charge in [-0.15, -0.1) is 0 Å². The number of hydrogen-bond donors (Lipinski definition) is 2. The summed E-state index contributed by atoms with van der Waals surface area (Å²) in [6.45, 7) is 5.06. The monoisotopic (exact) mass is 530 g/mol. The van der Waals surface area contributed by atoms with Crippen molar-refractivity contribution < 1.29 is 18.3 Å². The van der Waals surface area contributed by atoms with Gasteiger partial charge in [-0.25, -0.2) is 4.31 Å². The van der Waals surface area contributed by atoms with E-state index in [-0.39, 0.29) is 10.0 Å². The van der Waals surface area contributed by atoms with E-state index in [2.05, 4.69) is 59.4 Å². The summed E-state index contributed by atoms with van der Waals surface area (Å²) in [6, 6.07) is 12.8. The molecule has 0 bridgehead atoms. The van der Waals surface area contributed by atoms with Crippen LogP contribution in [0.1, 0.15) is 37.0 Å². The lowest BCUT2D eigenvalue weighted by atomic mass is 9.88. The largest absolute Gasteiger partial charge is 0.417 e. The van der Waals surface area contributed by atoms with Crippen molar-refractivity contribution in [3.63, 3.8) is 0 Å². The molecule has 1 aliphatic carbocycles. The van der Waals surface area contributed by atoms with E-state index in [4.69, 9.17) is 0 Å². The van der Waals surface area contributed by atoms with Crippen LogP contribution in [0.5, 0.6) is 0 Å². The number of β-amino-alcohol motifs (C(OH)–C–C–N with tert-alkyl or cyclic N) is 1. The average Bonchev–Trinajstić information content (AvgIpc) is 3.08. The van der Waals surface area contributed by atoms with Gasteiger partial charge in [-0.2, -0.15) is 13.2 Å². The van der Waals surface area contributed by atoms with Crippen LogP contribution < -0.4 is 5.32 Å². The maximum absolute atomic E-state index is 13.1. The van der Waals surface area contributed by atoms with Gasteiger partial charge in [0, 0.05) is 28.0 Å². The van der Waals surface area contributed by atoms with E-state index in [9.17, 15) is 18.3 Å². The lowest BCUT2D eigenvalue weighted by molar-refractivity contribution is -0.138. The van der Waals surface area contributed by atoms with E-state index in [1.165, 1.54) is 29.1 Å². The van der Waals surface area contributed by atoms with E-state index >= 15 is 0 Å². The second-order valence-electron chi connectivity index (χ2n) is 9.21. The number of alkyl halides is 3. The topological polar surface area (TPSA) is 35.5 Å². The second kappa shape index (κ2) is 10.5. The SMILES string of the molecule is CN(C[C@H](O)CNC(C)(C)CC1Cc2ccccc2C1)Sc1ccc(Br)c(C(F)(F)F)c1. The summed E-state index contributed by atoms with van der Waals surface area (Å²) in [5.74, 6) is 0.588. The van der Waals surface area contributed by atoms with Crippen molar-refractivity contribution in [2.24, 2.45) is 5.92 Å². The Hall–Kier alpha value is -1.06. The third-order valence-corrected chi connectivity index (χ3v) is 7.34. The molecule has 0 heterocycles. The van der Waals surface area contributed by atoms with Crippen molar-refractivity contribution in [2.45, 2.75) is 55.8 Å². The van der Waals surface area contributed by atoms with Crippen LogP contribution in [0.25, 0.3) is 0 Å². The minimum atomic E-state index is -4.41. The highest BCUT2D eigenvalue weighted by atomic mass is 79.9. The molecule has 3 rings (SSSR count). The Morgan fingerprint density at radius 2 is 1.78 bits per heavy atom. The lowest BCUT2D eigenvalue weighted by Gasteiger charge is -2.31. The first-order chi connectivity index (χ1) is 14.9. The van der Waals surface area contributed by atoms with Gasteiger partial charge in [0.15, 0.2) is 0 Å². The molecule has 2 aromatic carbocycles. The Labute approximate surface area is 201 Å². The quantitative estimate of drug-likeness (QED) is 0.393. The van der Waals surface area contributed by atoms with Crippen LogP contribution in [0.15, 0.2) is 51.8 Å². The number of aliphatic hydroxyl groups excluding tert-OH is 1. The number of benzene rings is 2. The zero-order valence-electron chi connectivity index (χ0n) is 18.5. The molecule has 3 nitrogen and oxygen atoms in total. The normalized spacial score (nSPS) is 15.9. The van der Waals surface area contributed by atoms with Gasteiger partial charge < -0.3 is 10.4 Å². The summed E-state index contributed by atoms with van der Waals surface area (Å²) in [4.78, 5) is 0.476. The van der Waals surface area contributed by atoms with E-state index < -0.39 is 17.8 Å². The zero-order chi connectivity index (χ0) is 23.5. The number of nitrogens with zero attached hydrogens (tertiary/aromatic N) is 1.